The minimum Gasteiger partial charge on any atom is -0.507 e. The van der Waals surface area contributed by atoms with Gasteiger partial charge in [-0.1, -0.05) is 36.1 Å². The Kier molecular flexibility index (Phi) is 7.74. The van der Waals surface area contributed by atoms with E-state index in [0.717, 1.165) is 36.0 Å². The van der Waals surface area contributed by atoms with Crippen molar-refractivity contribution in [3.05, 3.63) is 82.3 Å². The van der Waals surface area contributed by atoms with Gasteiger partial charge in [0.2, 0.25) is 5.91 Å². The maximum Gasteiger partial charge on any atom is 0.339 e. The standard InChI is InChI=1S/C26H18F2N2O6S2/c27-18-5-1-14(10-19(18)28)13-2-6-20(31)15(9-13)11-22-24(34)30(26(37)38-22)8-7-23(33)29-16-3-4-17(25(35)36)21(32)12-16/h1-6,9-12,31-32H,7-8H2,(H,29,33)(H,35,36). The van der Waals surface area contributed by atoms with Crippen LogP contribution in [0.15, 0.2) is 59.5 Å². The van der Waals surface area contributed by atoms with Gasteiger partial charge in [0.1, 0.15) is 21.4 Å². The Bertz CT molecular complexity index is 1530. The molecule has 1 fully saturated rings. The number of rotatable bonds is 7. The van der Waals surface area contributed by atoms with Crippen LogP contribution >= 0.6 is 24.0 Å². The summed E-state index contributed by atoms with van der Waals surface area (Å²) in [7, 11) is 0. The summed E-state index contributed by atoms with van der Waals surface area (Å²) in [6.45, 7) is -0.0477. The smallest absolute Gasteiger partial charge is 0.339 e. The number of carbonyl (C=O) groups excluding carboxylic acids is 2. The summed E-state index contributed by atoms with van der Waals surface area (Å²) >= 11 is 6.26. The third-order valence-corrected chi connectivity index (χ3v) is 6.89. The van der Waals surface area contributed by atoms with E-state index in [1.54, 1.807) is 0 Å². The van der Waals surface area contributed by atoms with Crippen LogP contribution in [0.25, 0.3) is 17.2 Å². The number of benzene rings is 3. The molecule has 3 aromatic carbocycles. The van der Waals surface area contributed by atoms with Crippen molar-refractivity contribution in [2.75, 3.05) is 11.9 Å². The average molecular weight is 557 g/mol. The lowest BCUT2D eigenvalue weighted by atomic mass is 10.0. The quantitative estimate of drug-likeness (QED) is 0.237. The highest BCUT2D eigenvalue weighted by atomic mass is 32.2. The summed E-state index contributed by atoms with van der Waals surface area (Å²) in [4.78, 5) is 37.7. The molecule has 0 radical (unpaired) electrons. The number of carbonyl (C=O) groups is 3. The second-order valence-corrected chi connectivity index (χ2v) is 9.75. The number of carboxylic acid groups (broad SMARTS) is 1. The van der Waals surface area contributed by atoms with E-state index in [1.807, 2.05) is 0 Å². The molecule has 1 aliphatic rings. The van der Waals surface area contributed by atoms with Crippen molar-refractivity contribution in [1.82, 2.24) is 4.90 Å². The normalized spacial score (nSPS) is 14.3. The van der Waals surface area contributed by atoms with Crippen molar-refractivity contribution in [1.29, 1.82) is 0 Å². The summed E-state index contributed by atoms with van der Waals surface area (Å²) in [5, 5.41) is 31.5. The fourth-order valence-corrected chi connectivity index (χ4v) is 4.89. The van der Waals surface area contributed by atoms with Gasteiger partial charge in [0.15, 0.2) is 11.6 Å². The van der Waals surface area contributed by atoms with E-state index in [2.05, 4.69) is 5.32 Å². The van der Waals surface area contributed by atoms with Crippen LogP contribution in [-0.4, -0.2) is 48.9 Å². The molecule has 1 aliphatic heterocycles. The first kappa shape index (κ1) is 26.8. The number of halogens is 2. The Labute approximate surface area is 224 Å². The highest BCUT2D eigenvalue weighted by Gasteiger charge is 2.32. The summed E-state index contributed by atoms with van der Waals surface area (Å²) in [5.41, 5.74) is 0.994. The van der Waals surface area contributed by atoms with E-state index in [-0.39, 0.29) is 44.8 Å². The zero-order chi connectivity index (χ0) is 27.6. The number of aromatic hydroxyl groups is 2. The van der Waals surface area contributed by atoms with Crippen molar-refractivity contribution in [2.45, 2.75) is 6.42 Å². The summed E-state index contributed by atoms with van der Waals surface area (Å²) < 4.78 is 27.1. The highest BCUT2D eigenvalue weighted by molar-refractivity contribution is 8.26. The summed E-state index contributed by atoms with van der Waals surface area (Å²) in [6.07, 6.45) is 1.28. The van der Waals surface area contributed by atoms with Gasteiger partial charge in [0.05, 0.1) is 4.91 Å². The van der Waals surface area contributed by atoms with Crippen molar-refractivity contribution >= 4 is 57.8 Å². The molecule has 194 valence electrons. The van der Waals surface area contributed by atoms with E-state index in [9.17, 15) is 33.4 Å². The van der Waals surface area contributed by atoms with Gasteiger partial charge >= 0.3 is 5.97 Å². The summed E-state index contributed by atoms with van der Waals surface area (Å²) in [6, 6.07) is 11.4. The molecule has 0 aromatic heterocycles. The number of phenols is 2. The van der Waals surface area contributed by atoms with Crippen molar-refractivity contribution in [2.24, 2.45) is 0 Å². The molecule has 0 saturated carbocycles. The van der Waals surface area contributed by atoms with E-state index < -0.39 is 35.2 Å². The number of carboxylic acids is 1. The van der Waals surface area contributed by atoms with Gasteiger partial charge in [-0.2, -0.15) is 0 Å². The lowest BCUT2D eigenvalue weighted by Gasteiger charge is -2.14. The van der Waals surface area contributed by atoms with Crippen LogP contribution in [0.3, 0.4) is 0 Å². The van der Waals surface area contributed by atoms with Crippen LogP contribution in [0.2, 0.25) is 0 Å². The van der Waals surface area contributed by atoms with Gasteiger partial charge in [-0.3, -0.25) is 14.5 Å². The van der Waals surface area contributed by atoms with Crippen LogP contribution in [0, 0.1) is 11.6 Å². The third kappa shape index (κ3) is 5.82. The molecule has 2 amide bonds. The maximum absolute atomic E-state index is 13.7. The molecule has 4 rings (SSSR count). The molecule has 0 aliphatic carbocycles. The van der Waals surface area contributed by atoms with Gasteiger partial charge in [0.25, 0.3) is 5.91 Å². The van der Waals surface area contributed by atoms with Gasteiger partial charge in [-0.25, -0.2) is 13.6 Å². The molecule has 1 heterocycles. The number of aromatic carboxylic acids is 1. The molecule has 0 spiro atoms. The van der Waals surface area contributed by atoms with E-state index in [4.69, 9.17) is 17.3 Å². The van der Waals surface area contributed by atoms with E-state index in [1.165, 1.54) is 41.3 Å². The second-order valence-electron chi connectivity index (χ2n) is 8.07. The Morgan fingerprint density at radius 1 is 0.974 bits per heavy atom. The predicted octanol–water partition coefficient (Wildman–Crippen LogP) is 4.97. The number of amides is 2. The molecular weight excluding hydrogens is 538 g/mol. The third-order valence-electron chi connectivity index (χ3n) is 5.52. The Balaban J connectivity index is 1.44. The van der Waals surface area contributed by atoms with Gasteiger partial charge < -0.3 is 20.6 Å². The maximum atomic E-state index is 13.7. The van der Waals surface area contributed by atoms with Gasteiger partial charge in [0, 0.05) is 30.3 Å². The Morgan fingerprint density at radius 3 is 2.37 bits per heavy atom. The molecule has 12 heteroatoms. The average Bonchev–Trinajstić information content (AvgIpc) is 3.12. The molecule has 8 nitrogen and oxygen atoms in total. The SMILES string of the molecule is O=C(CCN1C(=O)C(=Cc2cc(-c3ccc(F)c(F)c3)ccc2O)SC1=S)Nc1ccc(C(=O)O)c(O)c1. The lowest BCUT2D eigenvalue weighted by molar-refractivity contribution is -0.122. The molecule has 3 aromatic rings. The fourth-order valence-electron chi connectivity index (χ4n) is 3.59. The molecule has 1 saturated heterocycles. The number of thiocarbonyl (C=S) groups is 1. The van der Waals surface area contributed by atoms with Crippen LogP contribution in [0.5, 0.6) is 11.5 Å². The second kappa shape index (κ2) is 11.0. The monoisotopic (exact) mass is 556 g/mol. The van der Waals surface area contributed by atoms with Crippen LogP contribution in [-0.2, 0) is 9.59 Å². The van der Waals surface area contributed by atoms with Crippen LogP contribution in [0.4, 0.5) is 14.5 Å². The minimum absolute atomic E-state index is 0.0477. The van der Waals surface area contributed by atoms with Crippen molar-refractivity contribution in [3.8, 4) is 22.6 Å². The fraction of sp³-hybridized carbons (Fsp3) is 0.0769. The first-order valence-electron chi connectivity index (χ1n) is 10.9. The number of nitrogens with one attached hydrogen (secondary N) is 1. The number of thioether (sulfide) groups is 1. The first-order valence-corrected chi connectivity index (χ1v) is 12.2. The molecule has 0 unspecified atom stereocenters. The minimum atomic E-state index is -1.31. The van der Waals surface area contributed by atoms with Crippen LogP contribution < -0.4 is 5.32 Å². The number of hydrogen-bond donors (Lipinski definition) is 4. The van der Waals surface area contributed by atoms with Gasteiger partial charge in [-0.15, -0.1) is 0 Å². The number of anilines is 1. The lowest BCUT2D eigenvalue weighted by Crippen LogP contribution is -2.31. The van der Waals surface area contributed by atoms with Gasteiger partial charge in [-0.05, 0) is 53.6 Å². The Morgan fingerprint density at radius 2 is 1.68 bits per heavy atom. The molecule has 4 N–H and O–H groups in total. The molecule has 0 atom stereocenters. The predicted molar refractivity (Wildman–Crippen MR) is 142 cm³/mol. The zero-order valence-corrected chi connectivity index (χ0v) is 20.9. The van der Waals surface area contributed by atoms with Crippen LogP contribution in [0.1, 0.15) is 22.3 Å². The van der Waals surface area contributed by atoms with E-state index >= 15 is 0 Å². The highest BCUT2D eigenvalue weighted by Crippen LogP contribution is 2.35. The number of hydrogen-bond acceptors (Lipinski definition) is 7. The molecular formula is C26H18F2N2O6S2. The largest absolute Gasteiger partial charge is 0.507 e. The summed E-state index contributed by atoms with van der Waals surface area (Å²) in [5.74, 6) is -4.94. The first-order chi connectivity index (χ1) is 18.0. The zero-order valence-electron chi connectivity index (χ0n) is 19.3. The van der Waals surface area contributed by atoms with Crippen molar-refractivity contribution in [3.63, 3.8) is 0 Å². The number of phenolic OH excluding ortho intramolecular Hbond substituents is 1. The Hall–Kier alpha value is -4.29. The molecule has 0 bridgehead atoms. The van der Waals surface area contributed by atoms with Crippen molar-refractivity contribution < 1.29 is 38.5 Å². The van der Waals surface area contributed by atoms with E-state index in [0.29, 0.717) is 11.1 Å². The topological polar surface area (TPSA) is 127 Å². The molecule has 38 heavy (non-hydrogen) atoms. The number of nitrogens with zero attached hydrogens (tertiary/aromatic N) is 1.